The van der Waals surface area contributed by atoms with E-state index in [9.17, 15) is 9.18 Å². The fraction of sp³-hybridized carbons (Fsp3) is 0.154. The highest BCUT2D eigenvalue weighted by atomic mass is 19.1. The highest BCUT2D eigenvalue weighted by Gasteiger charge is 2.22. The van der Waals surface area contributed by atoms with Gasteiger partial charge >= 0.3 is 0 Å². The second kappa shape index (κ2) is 7.05. The molecule has 0 unspecified atom stereocenters. The zero-order valence-corrected chi connectivity index (χ0v) is 12.6. The van der Waals surface area contributed by atoms with Gasteiger partial charge in [0.1, 0.15) is 11.6 Å². The number of halogens is 1. The molecule has 0 bridgehead atoms. The number of benzene rings is 1. The molecule has 0 aliphatic heterocycles. The first-order chi connectivity index (χ1) is 11.5. The van der Waals surface area contributed by atoms with Crippen molar-refractivity contribution in [2.45, 2.75) is 0 Å². The van der Waals surface area contributed by atoms with Crippen LogP contribution in [-0.4, -0.2) is 40.8 Å². The van der Waals surface area contributed by atoms with E-state index in [-0.39, 0.29) is 34.1 Å². The van der Waals surface area contributed by atoms with Gasteiger partial charge in [-0.25, -0.2) is 4.39 Å². The van der Waals surface area contributed by atoms with Crippen LogP contribution in [0.2, 0.25) is 0 Å². The molecule has 0 aliphatic carbocycles. The lowest BCUT2D eigenvalue weighted by Gasteiger charge is -2.15. The number of nitrogens with zero attached hydrogens (tertiary/aromatic N) is 4. The van der Waals surface area contributed by atoms with Crippen LogP contribution in [0.25, 0.3) is 5.57 Å². The Balaban J connectivity index is 2.53. The number of carbonyl (C=O) groups is 1. The number of carbonyl (C=O) groups excluding carboxylic acids is 1. The Morgan fingerprint density at radius 2 is 2.25 bits per heavy atom. The van der Waals surface area contributed by atoms with E-state index in [4.69, 9.17) is 20.5 Å². The van der Waals surface area contributed by atoms with Crippen LogP contribution < -0.4 is 20.5 Å². The predicted molar refractivity (Wildman–Crippen MR) is 79.4 cm³/mol. The molecule has 0 saturated carbocycles. The van der Waals surface area contributed by atoms with Crippen molar-refractivity contribution in [3.05, 3.63) is 29.5 Å². The molecule has 2 rings (SSSR count). The molecule has 10 nitrogen and oxygen atoms in total. The van der Waals surface area contributed by atoms with E-state index in [0.717, 1.165) is 6.20 Å². The summed E-state index contributed by atoms with van der Waals surface area (Å²) in [6.07, 6.45) is 1.11. The Bertz CT molecular complexity index is 827. The van der Waals surface area contributed by atoms with Crippen molar-refractivity contribution in [1.29, 1.82) is 5.26 Å². The highest BCUT2D eigenvalue weighted by Crippen LogP contribution is 2.37. The summed E-state index contributed by atoms with van der Waals surface area (Å²) in [4.78, 5) is 11.6. The molecular formula is C13H12FN7O3. The third-order valence-corrected chi connectivity index (χ3v) is 2.94. The van der Waals surface area contributed by atoms with E-state index >= 15 is 0 Å². The molecule has 2 aromatic rings. The largest absolute Gasteiger partial charge is 0.493 e. The molecule has 0 atom stereocenters. The van der Waals surface area contributed by atoms with E-state index in [1.165, 1.54) is 20.3 Å². The molecule has 1 heterocycles. The Kier molecular flexibility index (Phi) is 4.90. The van der Waals surface area contributed by atoms with Crippen molar-refractivity contribution < 1.29 is 18.7 Å². The predicted octanol–water partition coefficient (Wildman–Crippen LogP) is 0.431. The van der Waals surface area contributed by atoms with Crippen molar-refractivity contribution in [2.24, 2.45) is 5.73 Å². The Hall–Kier alpha value is -3.68. The number of ether oxygens (including phenoxy) is 2. The molecule has 24 heavy (non-hydrogen) atoms. The summed E-state index contributed by atoms with van der Waals surface area (Å²) in [5.41, 5.74) is 4.75. The second-order valence-electron chi connectivity index (χ2n) is 4.26. The van der Waals surface area contributed by atoms with Crippen LogP contribution in [0.1, 0.15) is 16.2 Å². The first-order valence-corrected chi connectivity index (χ1v) is 6.38. The number of allylic oxidation sites excluding steroid dienone is 1. The van der Waals surface area contributed by atoms with Crippen LogP contribution in [0.3, 0.4) is 0 Å². The minimum Gasteiger partial charge on any atom is -0.493 e. The van der Waals surface area contributed by atoms with Crippen LogP contribution in [0.5, 0.6) is 11.5 Å². The fourth-order valence-corrected chi connectivity index (χ4v) is 1.85. The molecule has 1 aromatic carbocycles. The third kappa shape index (κ3) is 3.07. The first-order valence-electron chi connectivity index (χ1n) is 6.38. The van der Waals surface area contributed by atoms with E-state index in [2.05, 4.69) is 25.9 Å². The zero-order chi connectivity index (χ0) is 17.7. The number of aromatic nitrogens is 4. The summed E-state index contributed by atoms with van der Waals surface area (Å²) in [6, 6.07) is 3.04. The van der Waals surface area contributed by atoms with Gasteiger partial charge < -0.3 is 20.5 Å². The molecule has 11 heteroatoms. The van der Waals surface area contributed by atoms with Gasteiger partial charge in [-0.05, 0) is 11.3 Å². The number of aromatic amines is 1. The number of tetrazole rings is 1. The second-order valence-corrected chi connectivity index (χ2v) is 4.26. The number of nitriles is 1. The summed E-state index contributed by atoms with van der Waals surface area (Å²) in [7, 11) is 2.53. The smallest absolute Gasteiger partial charge is 0.251 e. The zero-order valence-electron chi connectivity index (χ0n) is 12.6. The Labute approximate surface area is 135 Å². The summed E-state index contributed by atoms with van der Waals surface area (Å²) in [6.45, 7) is 0. The lowest BCUT2D eigenvalue weighted by atomic mass is 10.1. The molecule has 124 valence electrons. The average molecular weight is 333 g/mol. The number of H-pyrrole nitrogens is 1. The van der Waals surface area contributed by atoms with Crippen LogP contribution in [-0.2, 0) is 0 Å². The third-order valence-electron chi connectivity index (χ3n) is 2.94. The normalized spacial score (nSPS) is 10.8. The van der Waals surface area contributed by atoms with Gasteiger partial charge in [-0.3, -0.25) is 4.79 Å². The van der Waals surface area contributed by atoms with Crippen LogP contribution in [0.4, 0.5) is 10.1 Å². The van der Waals surface area contributed by atoms with Crippen LogP contribution in [0.15, 0.2) is 12.3 Å². The number of nitrogens with one attached hydrogen (secondary N) is 2. The highest BCUT2D eigenvalue weighted by molar-refractivity contribution is 6.00. The van der Waals surface area contributed by atoms with Gasteiger partial charge in [0, 0.05) is 6.20 Å². The lowest BCUT2D eigenvalue weighted by molar-refractivity contribution is 0.1000. The first kappa shape index (κ1) is 16.7. The summed E-state index contributed by atoms with van der Waals surface area (Å²) in [5.74, 6) is -2.05. The van der Waals surface area contributed by atoms with Gasteiger partial charge in [0.2, 0.25) is 5.82 Å². The summed E-state index contributed by atoms with van der Waals surface area (Å²) >= 11 is 0. The molecule has 0 spiro atoms. The van der Waals surface area contributed by atoms with Crippen molar-refractivity contribution >= 4 is 17.2 Å². The van der Waals surface area contributed by atoms with E-state index in [1.54, 1.807) is 0 Å². The Morgan fingerprint density at radius 1 is 1.50 bits per heavy atom. The summed E-state index contributed by atoms with van der Waals surface area (Å²) in [5, 5.41) is 24.4. The maximum Gasteiger partial charge on any atom is 0.251 e. The van der Waals surface area contributed by atoms with Gasteiger partial charge in [0.15, 0.2) is 17.3 Å². The molecular weight excluding hydrogens is 321 g/mol. The van der Waals surface area contributed by atoms with E-state index in [0.29, 0.717) is 0 Å². The maximum atomic E-state index is 14.6. The van der Waals surface area contributed by atoms with Crippen LogP contribution >= 0.6 is 0 Å². The van der Waals surface area contributed by atoms with Crippen molar-refractivity contribution in [3.8, 4) is 17.6 Å². The SMILES string of the molecule is COc1cc(C(N)=O)c(NC=C(C#N)c2nn[nH]n2)c(F)c1OC. The molecule has 0 saturated heterocycles. The van der Waals surface area contributed by atoms with E-state index in [1.807, 2.05) is 6.07 Å². The van der Waals surface area contributed by atoms with Crippen molar-refractivity contribution in [3.63, 3.8) is 0 Å². The standard InChI is InChI=1S/C13H12FN7O3/c1-23-8-3-7(12(16)22)10(9(14)11(8)24-2)17-5-6(4-15)13-18-20-21-19-13/h3,5,17H,1-2H3,(H2,16,22)(H,18,19,20,21). The lowest BCUT2D eigenvalue weighted by Crippen LogP contribution is -2.15. The van der Waals surface area contributed by atoms with E-state index < -0.39 is 11.7 Å². The van der Waals surface area contributed by atoms with Crippen LogP contribution in [0, 0.1) is 17.1 Å². The molecule has 0 fully saturated rings. The number of amides is 1. The number of methoxy groups -OCH3 is 2. The van der Waals surface area contributed by atoms with Crippen molar-refractivity contribution in [2.75, 3.05) is 19.5 Å². The minimum atomic E-state index is -0.910. The number of anilines is 1. The molecule has 1 amide bonds. The number of rotatable bonds is 6. The summed E-state index contributed by atoms with van der Waals surface area (Å²) < 4.78 is 24.5. The molecule has 0 radical (unpaired) electrons. The molecule has 0 aliphatic rings. The van der Waals surface area contributed by atoms with Gasteiger partial charge in [0.25, 0.3) is 5.91 Å². The van der Waals surface area contributed by atoms with Gasteiger partial charge in [-0.15, -0.1) is 10.2 Å². The molecule has 4 N–H and O–H groups in total. The Morgan fingerprint density at radius 3 is 2.75 bits per heavy atom. The quantitative estimate of drug-likeness (QED) is 0.644. The fourth-order valence-electron chi connectivity index (χ4n) is 1.85. The average Bonchev–Trinajstić information content (AvgIpc) is 3.10. The van der Waals surface area contributed by atoms with Gasteiger partial charge in [-0.1, -0.05) is 0 Å². The molecule has 1 aromatic heterocycles. The number of primary amides is 1. The number of hydrogen-bond donors (Lipinski definition) is 3. The maximum absolute atomic E-state index is 14.6. The number of hydrogen-bond acceptors (Lipinski definition) is 8. The van der Waals surface area contributed by atoms with Gasteiger partial charge in [0.05, 0.1) is 25.5 Å². The number of nitrogens with two attached hydrogens (primary N) is 1. The van der Waals surface area contributed by atoms with Crippen molar-refractivity contribution in [1.82, 2.24) is 20.6 Å². The van der Waals surface area contributed by atoms with Gasteiger partial charge in [-0.2, -0.15) is 10.5 Å². The topological polar surface area (TPSA) is 152 Å². The minimum absolute atomic E-state index is 0.00277. The monoisotopic (exact) mass is 333 g/mol.